The van der Waals surface area contributed by atoms with E-state index < -0.39 is 16.1 Å². The molecule has 0 aliphatic carbocycles. The summed E-state index contributed by atoms with van der Waals surface area (Å²) in [6.07, 6.45) is 2.16. The fraction of sp³-hybridized carbons (Fsp3) is 1.00. The number of ether oxygens (including phenoxy) is 2. The van der Waals surface area contributed by atoms with Crippen molar-refractivity contribution in [3.05, 3.63) is 0 Å². The first-order chi connectivity index (χ1) is 9.82. The Kier molecular flexibility index (Phi) is 8.07. The number of hydrogen-bond acceptors (Lipinski definition) is 6. The molecule has 0 aromatic rings. The van der Waals surface area contributed by atoms with Gasteiger partial charge in [-0.05, 0) is 19.8 Å². The predicted octanol–water partition coefficient (Wildman–Crippen LogP) is -0.588. The minimum absolute atomic E-state index is 0.0392. The maximum Gasteiger partial charge on any atom is 0.211 e. The number of methoxy groups -OCH3 is 1. The van der Waals surface area contributed by atoms with E-state index in [1.54, 1.807) is 7.11 Å². The second-order valence-corrected chi connectivity index (χ2v) is 7.58. The molecular weight excluding hydrogens is 296 g/mol. The van der Waals surface area contributed by atoms with Crippen molar-refractivity contribution in [3.8, 4) is 0 Å². The second kappa shape index (κ2) is 9.02. The Balaban J connectivity index is 2.16. The van der Waals surface area contributed by atoms with Gasteiger partial charge in [0, 0.05) is 32.8 Å². The number of nitrogens with one attached hydrogen (secondary N) is 1. The van der Waals surface area contributed by atoms with E-state index >= 15 is 0 Å². The van der Waals surface area contributed by atoms with Gasteiger partial charge in [0.15, 0.2) is 0 Å². The summed E-state index contributed by atoms with van der Waals surface area (Å²) in [4.78, 5) is 0. The van der Waals surface area contributed by atoms with Gasteiger partial charge in [-0.1, -0.05) is 0 Å². The van der Waals surface area contributed by atoms with Crippen LogP contribution in [0.4, 0.5) is 0 Å². The molecule has 2 atom stereocenters. The lowest BCUT2D eigenvalue weighted by Crippen LogP contribution is -2.46. The Labute approximate surface area is 127 Å². The number of hydrogen-bond donors (Lipinski definition) is 2. The zero-order valence-electron chi connectivity index (χ0n) is 13.1. The monoisotopic (exact) mass is 324 g/mol. The number of aliphatic hydroxyl groups is 1. The minimum Gasteiger partial charge on any atom is -0.389 e. The van der Waals surface area contributed by atoms with E-state index in [9.17, 15) is 13.5 Å². The lowest BCUT2D eigenvalue weighted by molar-refractivity contribution is -0.0318. The van der Waals surface area contributed by atoms with E-state index in [4.69, 9.17) is 9.47 Å². The molecule has 0 saturated carbocycles. The minimum atomic E-state index is -3.08. The second-order valence-electron chi connectivity index (χ2n) is 5.60. The molecule has 0 spiro atoms. The SMILES string of the molecule is COCC(C)OCC(O)CNC1CCN(S(C)(=O)=O)CC1. The molecular formula is C13H28N2O5S. The van der Waals surface area contributed by atoms with Gasteiger partial charge < -0.3 is 19.9 Å². The van der Waals surface area contributed by atoms with Crippen molar-refractivity contribution in [1.82, 2.24) is 9.62 Å². The number of nitrogens with zero attached hydrogens (tertiary/aromatic N) is 1. The van der Waals surface area contributed by atoms with Gasteiger partial charge in [-0.15, -0.1) is 0 Å². The van der Waals surface area contributed by atoms with Crippen LogP contribution >= 0.6 is 0 Å². The number of sulfonamides is 1. The smallest absolute Gasteiger partial charge is 0.211 e. The Morgan fingerprint density at radius 2 is 1.95 bits per heavy atom. The van der Waals surface area contributed by atoms with Crippen LogP contribution in [0.25, 0.3) is 0 Å². The highest BCUT2D eigenvalue weighted by Gasteiger charge is 2.24. The highest BCUT2D eigenvalue weighted by Crippen LogP contribution is 2.13. The maximum absolute atomic E-state index is 11.4. The van der Waals surface area contributed by atoms with Gasteiger partial charge >= 0.3 is 0 Å². The third-order valence-corrected chi connectivity index (χ3v) is 4.84. The van der Waals surface area contributed by atoms with Crippen LogP contribution in [-0.4, -0.2) is 82.3 Å². The first-order valence-electron chi connectivity index (χ1n) is 7.30. The van der Waals surface area contributed by atoms with Crippen molar-refractivity contribution in [2.75, 3.05) is 46.2 Å². The zero-order valence-corrected chi connectivity index (χ0v) is 13.9. The standard InChI is InChI=1S/C13H28N2O5S/c1-11(9-19-2)20-10-13(16)8-14-12-4-6-15(7-5-12)21(3,17)18/h11-14,16H,4-10H2,1-3H3. The van der Waals surface area contributed by atoms with E-state index in [0.717, 1.165) is 12.8 Å². The highest BCUT2D eigenvalue weighted by atomic mass is 32.2. The summed E-state index contributed by atoms with van der Waals surface area (Å²) in [5.74, 6) is 0. The Morgan fingerprint density at radius 3 is 2.48 bits per heavy atom. The van der Waals surface area contributed by atoms with Crippen LogP contribution in [0, 0.1) is 0 Å². The molecule has 8 heteroatoms. The number of aliphatic hydroxyl groups excluding tert-OH is 1. The quantitative estimate of drug-likeness (QED) is 0.589. The van der Waals surface area contributed by atoms with Gasteiger partial charge in [0.1, 0.15) is 0 Å². The summed E-state index contributed by atoms with van der Waals surface area (Å²) in [7, 11) is -1.47. The van der Waals surface area contributed by atoms with Crippen molar-refractivity contribution < 1.29 is 23.0 Å². The highest BCUT2D eigenvalue weighted by molar-refractivity contribution is 7.88. The van der Waals surface area contributed by atoms with Crippen molar-refractivity contribution >= 4 is 10.0 Å². The van der Waals surface area contributed by atoms with Crippen LogP contribution in [0.15, 0.2) is 0 Å². The maximum atomic E-state index is 11.4. The van der Waals surface area contributed by atoms with Crippen LogP contribution in [-0.2, 0) is 19.5 Å². The van der Waals surface area contributed by atoms with Crippen LogP contribution < -0.4 is 5.32 Å². The van der Waals surface area contributed by atoms with E-state index in [-0.39, 0.29) is 18.8 Å². The molecule has 0 aromatic heterocycles. The van der Waals surface area contributed by atoms with Crippen molar-refractivity contribution in [1.29, 1.82) is 0 Å². The van der Waals surface area contributed by atoms with E-state index in [1.807, 2.05) is 6.92 Å². The fourth-order valence-corrected chi connectivity index (χ4v) is 3.19. The van der Waals surface area contributed by atoms with Crippen molar-refractivity contribution in [3.63, 3.8) is 0 Å². The molecule has 1 heterocycles. The molecule has 21 heavy (non-hydrogen) atoms. The molecule has 0 bridgehead atoms. The molecule has 1 aliphatic heterocycles. The molecule has 1 saturated heterocycles. The first kappa shape index (κ1) is 18.8. The topological polar surface area (TPSA) is 88.1 Å². The normalized spacial score (nSPS) is 21.3. The van der Waals surface area contributed by atoms with E-state index in [0.29, 0.717) is 26.2 Å². The van der Waals surface area contributed by atoms with Crippen LogP contribution in [0.5, 0.6) is 0 Å². The molecule has 1 aliphatic rings. The lowest BCUT2D eigenvalue weighted by atomic mass is 10.1. The molecule has 0 radical (unpaired) electrons. The van der Waals surface area contributed by atoms with Crippen LogP contribution in [0.2, 0.25) is 0 Å². The molecule has 0 aromatic carbocycles. The summed E-state index contributed by atoms with van der Waals surface area (Å²) in [6.45, 7) is 4.18. The fourth-order valence-electron chi connectivity index (χ4n) is 2.31. The van der Waals surface area contributed by atoms with E-state index in [1.165, 1.54) is 10.6 Å². The Hall–Kier alpha value is -0.250. The predicted molar refractivity (Wildman–Crippen MR) is 80.7 cm³/mol. The largest absolute Gasteiger partial charge is 0.389 e. The molecule has 1 fully saturated rings. The molecule has 2 unspecified atom stereocenters. The molecule has 7 nitrogen and oxygen atoms in total. The number of piperidine rings is 1. The van der Waals surface area contributed by atoms with Gasteiger partial charge in [-0.2, -0.15) is 0 Å². The zero-order chi connectivity index (χ0) is 15.9. The third kappa shape index (κ3) is 7.53. The van der Waals surface area contributed by atoms with Crippen molar-refractivity contribution in [2.24, 2.45) is 0 Å². The first-order valence-corrected chi connectivity index (χ1v) is 9.15. The lowest BCUT2D eigenvalue weighted by Gasteiger charge is -2.31. The van der Waals surface area contributed by atoms with Crippen LogP contribution in [0.3, 0.4) is 0 Å². The van der Waals surface area contributed by atoms with E-state index in [2.05, 4.69) is 5.32 Å². The van der Waals surface area contributed by atoms with Gasteiger partial charge in [0.05, 0.1) is 31.7 Å². The van der Waals surface area contributed by atoms with Crippen LogP contribution in [0.1, 0.15) is 19.8 Å². The van der Waals surface area contributed by atoms with Gasteiger partial charge in [-0.25, -0.2) is 12.7 Å². The van der Waals surface area contributed by atoms with Gasteiger partial charge in [0.25, 0.3) is 0 Å². The molecule has 1 rings (SSSR count). The average Bonchev–Trinajstić information content (AvgIpc) is 2.43. The molecule has 2 N–H and O–H groups in total. The molecule has 0 amide bonds. The Bertz CT molecular complexity index is 382. The number of rotatable bonds is 9. The summed E-state index contributed by atoms with van der Waals surface area (Å²) in [5.41, 5.74) is 0. The summed E-state index contributed by atoms with van der Waals surface area (Å²) in [6, 6.07) is 0.244. The Morgan fingerprint density at radius 1 is 1.33 bits per heavy atom. The van der Waals surface area contributed by atoms with Gasteiger partial charge in [0.2, 0.25) is 10.0 Å². The summed E-state index contributed by atoms with van der Waals surface area (Å²) < 4.78 is 34.7. The summed E-state index contributed by atoms with van der Waals surface area (Å²) in [5, 5.41) is 13.1. The average molecular weight is 324 g/mol. The van der Waals surface area contributed by atoms with Crippen molar-refractivity contribution in [2.45, 2.75) is 38.0 Å². The van der Waals surface area contributed by atoms with Gasteiger partial charge in [-0.3, -0.25) is 0 Å². The third-order valence-electron chi connectivity index (χ3n) is 3.54. The molecule has 126 valence electrons. The summed E-state index contributed by atoms with van der Waals surface area (Å²) >= 11 is 0.